The summed E-state index contributed by atoms with van der Waals surface area (Å²) in [5, 5.41) is 8.41. The summed E-state index contributed by atoms with van der Waals surface area (Å²) in [6.45, 7) is 2.06. The molecular weight excluding hydrogens is 162 g/mol. The Balaban J connectivity index is 2.43. The molecule has 0 aromatic heterocycles. The van der Waals surface area contributed by atoms with E-state index in [0.717, 1.165) is 32.1 Å². The molecule has 72 valence electrons. The molecule has 1 atom stereocenters. The first kappa shape index (κ1) is 10.2. The van der Waals surface area contributed by atoms with E-state index in [0.29, 0.717) is 12.2 Å². The van der Waals surface area contributed by atoms with E-state index in [9.17, 15) is 4.79 Å². The quantitative estimate of drug-likeness (QED) is 0.625. The lowest BCUT2D eigenvalue weighted by Crippen LogP contribution is -2.30. The van der Waals surface area contributed by atoms with Crippen molar-refractivity contribution in [1.82, 2.24) is 0 Å². The molecule has 1 aliphatic rings. The second kappa shape index (κ2) is 4.41. The van der Waals surface area contributed by atoms with Crippen molar-refractivity contribution < 1.29 is 4.79 Å². The number of Topliss-reactive ketones (excluding diaryl/α,β-unsaturated/α-hetero) is 1. The Morgan fingerprint density at radius 3 is 2.92 bits per heavy atom. The van der Waals surface area contributed by atoms with Crippen LogP contribution in [0.15, 0.2) is 0 Å². The van der Waals surface area contributed by atoms with Gasteiger partial charge in [0.15, 0.2) is 0 Å². The number of nitriles is 1. The van der Waals surface area contributed by atoms with Gasteiger partial charge < -0.3 is 0 Å². The average Bonchev–Trinajstić information content (AvgIpc) is 2.11. The van der Waals surface area contributed by atoms with Crippen LogP contribution in [0.25, 0.3) is 0 Å². The first-order valence-electron chi connectivity index (χ1n) is 5.09. The molecule has 0 heterocycles. The molecule has 0 aliphatic heterocycles. The van der Waals surface area contributed by atoms with E-state index in [4.69, 9.17) is 5.26 Å². The first-order chi connectivity index (χ1) is 6.19. The van der Waals surface area contributed by atoms with Crippen LogP contribution in [0, 0.1) is 16.7 Å². The standard InChI is InChI=1S/C11H17NO/c1-11(8-4-5-9-12)7-3-2-6-10(11)13/h2-8H2,1H3. The highest BCUT2D eigenvalue weighted by atomic mass is 16.1. The number of hydrogen-bond acceptors (Lipinski definition) is 2. The lowest BCUT2D eigenvalue weighted by molar-refractivity contribution is -0.130. The number of rotatable bonds is 3. The Bertz CT molecular complexity index is 229. The molecule has 0 bridgehead atoms. The zero-order valence-corrected chi connectivity index (χ0v) is 8.31. The molecule has 0 spiro atoms. The van der Waals surface area contributed by atoms with Gasteiger partial charge in [-0.15, -0.1) is 0 Å². The third-order valence-electron chi connectivity index (χ3n) is 3.07. The van der Waals surface area contributed by atoms with Crippen molar-refractivity contribution in [3.63, 3.8) is 0 Å². The van der Waals surface area contributed by atoms with Crippen LogP contribution in [-0.2, 0) is 4.79 Å². The Morgan fingerprint density at radius 2 is 2.31 bits per heavy atom. The van der Waals surface area contributed by atoms with Crippen LogP contribution in [0.3, 0.4) is 0 Å². The van der Waals surface area contributed by atoms with E-state index >= 15 is 0 Å². The van der Waals surface area contributed by atoms with Crippen molar-refractivity contribution in [2.24, 2.45) is 5.41 Å². The van der Waals surface area contributed by atoms with Gasteiger partial charge >= 0.3 is 0 Å². The minimum atomic E-state index is -0.102. The van der Waals surface area contributed by atoms with Gasteiger partial charge in [0, 0.05) is 18.3 Å². The molecule has 0 saturated heterocycles. The molecule has 1 saturated carbocycles. The second-order valence-corrected chi connectivity index (χ2v) is 4.20. The van der Waals surface area contributed by atoms with Crippen LogP contribution >= 0.6 is 0 Å². The van der Waals surface area contributed by atoms with Gasteiger partial charge in [0.2, 0.25) is 0 Å². The Kier molecular flexibility index (Phi) is 3.48. The zero-order valence-electron chi connectivity index (χ0n) is 8.31. The summed E-state index contributed by atoms with van der Waals surface area (Å²) in [6, 6.07) is 2.13. The van der Waals surface area contributed by atoms with Gasteiger partial charge in [-0.2, -0.15) is 5.26 Å². The van der Waals surface area contributed by atoms with Gasteiger partial charge in [-0.3, -0.25) is 4.79 Å². The van der Waals surface area contributed by atoms with E-state index in [2.05, 4.69) is 13.0 Å². The molecule has 13 heavy (non-hydrogen) atoms. The summed E-state index contributed by atoms with van der Waals surface area (Å²) in [4.78, 5) is 11.6. The Hall–Kier alpha value is -0.840. The summed E-state index contributed by atoms with van der Waals surface area (Å²) < 4.78 is 0. The van der Waals surface area contributed by atoms with Crippen molar-refractivity contribution in [2.45, 2.75) is 51.9 Å². The van der Waals surface area contributed by atoms with Crippen LogP contribution in [0.2, 0.25) is 0 Å². The fraction of sp³-hybridized carbons (Fsp3) is 0.818. The summed E-state index contributed by atoms with van der Waals surface area (Å²) >= 11 is 0. The number of carbonyl (C=O) groups excluding carboxylic acids is 1. The van der Waals surface area contributed by atoms with Gasteiger partial charge in [0.1, 0.15) is 5.78 Å². The minimum Gasteiger partial charge on any atom is -0.299 e. The number of nitrogens with zero attached hydrogens (tertiary/aromatic N) is 1. The Morgan fingerprint density at radius 1 is 1.54 bits per heavy atom. The summed E-state index contributed by atoms with van der Waals surface area (Å²) in [6.07, 6.45) is 6.38. The fourth-order valence-corrected chi connectivity index (χ4v) is 2.06. The highest BCUT2D eigenvalue weighted by Crippen LogP contribution is 2.36. The molecule has 0 amide bonds. The number of unbranched alkanes of at least 4 members (excludes halogenated alkanes) is 1. The van der Waals surface area contributed by atoms with Crippen LogP contribution in [0.1, 0.15) is 51.9 Å². The SMILES string of the molecule is CC1(CCCC#N)CCCCC1=O. The molecule has 2 heteroatoms. The maximum absolute atomic E-state index is 11.6. The first-order valence-corrected chi connectivity index (χ1v) is 5.09. The maximum Gasteiger partial charge on any atom is 0.138 e. The molecule has 0 N–H and O–H groups in total. The Labute approximate surface area is 79.9 Å². The zero-order chi connectivity index (χ0) is 9.73. The van der Waals surface area contributed by atoms with E-state index < -0.39 is 0 Å². The van der Waals surface area contributed by atoms with E-state index in [-0.39, 0.29) is 5.41 Å². The number of carbonyl (C=O) groups is 1. The molecule has 1 aliphatic carbocycles. The van der Waals surface area contributed by atoms with Crippen LogP contribution in [-0.4, -0.2) is 5.78 Å². The van der Waals surface area contributed by atoms with Crippen molar-refractivity contribution >= 4 is 5.78 Å². The highest BCUT2D eigenvalue weighted by Gasteiger charge is 2.33. The molecule has 1 unspecified atom stereocenters. The van der Waals surface area contributed by atoms with Crippen molar-refractivity contribution in [3.05, 3.63) is 0 Å². The van der Waals surface area contributed by atoms with Crippen molar-refractivity contribution in [2.75, 3.05) is 0 Å². The summed E-state index contributed by atoms with van der Waals surface area (Å²) in [5.41, 5.74) is -0.102. The topological polar surface area (TPSA) is 40.9 Å². The van der Waals surface area contributed by atoms with Gasteiger partial charge in [0.05, 0.1) is 6.07 Å². The highest BCUT2D eigenvalue weighted by molar-refractivity contribution is 5.85. The van der Waals surface area contributed by atoms with Crippen molar-refractivity contribution in [1.29, 1.82) is 5.26 Å². The number of ketones is 1. The van der Waals surface area contributed by atoms with Crippen LogP contribution in [0.5, 0.6) is 0 Å². The molecule has 1 fully saturated rings. The molecule has 0 aromatic carbocycles. The largest absolute Gasteiger partial charge is 0.299 e. The van der Waals surface area contributed by atoms with Crippen molar-refractivity contribution in [3.8, 4) is 6.07 Å². The predicted octanol–water partition coefficient (Wildman–Crippen LogP) is 2.83. The normalized spacial score (nSPS) is 28.5. The maximum atomic E-state index is 11.6. The van der Waals surface area contributed by atoms with E-state index in [1.54, 1.807) is 0 Å². The van der Waals surface area contributed by atoms with Gasteiger partial charge in [0.25, 0.3) is 0 Å². The molecular formula is C11H17NO. The third kappa shape index (κ3) is 2.55. The molecule has 2 nitrogen and oxygen atoms in total. The van der Waals surface area contributed by atoms with Gasteiger partial charge in [-0.1, -0.05) is 13.3 Å². The predicted molar refractivity (Wildman–Crippen MR) is 51.0 cm³/mol. The average molecular weight is 179 g/mol. The van der Waals surface area contributed by atoms with E-state index in [1.165, 1.54) is 6.42 Å². The smallest absolute Gasteiger partial charge is 0.138 e. The third-order valence-corrected chi connectivity index (χ3v) is 3.07. The summed E-state index contributed by atoms with van der Waals surface area (Å²) in [5.74, 6) is 0.414. The molecule has 0 aromatic rings. The minimum absolute atomic E-state index is 0.102. The van der Waals surface area contributed by atoms with Gasteiger partial charge in [-0.05, 0) is 25.7 Å². The lowest BCUT2D eigenvalue weighted by atomic mass is 9.71. The van der Waals surface area contributed by atoms with Crippen LogP contribution < -0.4 is 0 Å². The summed E-state index contributed by atoms with van der Waals surface area (Å²) in [7, 11) is 0. The van der Waals surface area contributed by atoms with E-state index in [1.807, 2.05) is 0 Å². The van der Waals surface area contributed by atoms with Crippen LogP contribution in [0.4, 0.5) is 0 Å². The lowest BCUT2D eigenvalue weighted by Gasteiger charge is -2.31. The fourth-order valence-electron chi connectivity index (χ4n) is 2.06. The molecule has 0 radical (unpaired) electrons. The number of hydrogen-bond donors (Lipinski definition) is 0. The van der Waals surface area contributed by atoms with Gasteiger partial charge in [-0.25, -0.2) is 0 Å². The molecule has 1 rings (SSSR count). The second-order valence-electron chi connectivity index (χ2n) is 4.20. The monoisotopic (exact) mass is 179 g/mol.